The fourth-order valence-electron chi connectivity index (χ4n) is 1.98. The van der Waals surface area contributed by atoms with Crippen LogP contribution in [-0.2, 0) is 19.5 Å². The molecule has 13 heteroatoms. The number of hydrogen-bond donors (Lipinski definition) is 3. The lowest BCUT2D eigenvalue weighted by molar-refractivity contribution is 0.0595. The van der Waals surface area contributed by atoms with Gasteiger partial charge in [0, 0.05) is 0 Å². The summed E-state index contributed by atoms with van der Waals surface area (Å²) in [5, 5.41) is 3.08. The first-order chi connectivity index (χ1) is 12.6. The Morgan fingerprint density at radius 3 is 2.52 bits per heavy atom. The average molecular weight is 404 g/mol. The third-order valence-corrected chi connectivity index (χ3v) is 4.55. The Balaban J connectivity index is 2.18. The van der Waals surface area contributed by atoms with Crippen LogP contribution in [0.5, 0.6) is 0 Å². The van der Waals surface area contributed by atoms with Gasteiger partial charge in [-0.05, 0) is 12.1 Å². The lowest BCUT2D eigenvalue weighted by Gasteiger charge is -2.26. The van der Waals surface area contributed by atoms with Crippen molar-refractivity contribution in [1.29, 1.82) is 0 Å². The van der Waals surface area contributed by atoms with Crippen LogP contribution >= 0.6 is 0 Å². The van der Waals surface area contributed by atoms with Crippen LogP contribution in [-0.4, -0.2) is 46.9 Å². The molecule has 1 unspecified atom stereocenters. The maximum Gasteiger partial charge on any atom is 0.364 e. The number of benzene rings is 1. The van der Waals surface area contributed by atoms with Gasteiger partial charge in [0.2, 0.25) is 5.95 Å². The van der Waals surface area contributed by atoms with Crippen molar-refractivity contribution in [1.82, 2.24) is 15.4 Å². The van der Waals surface area contributed by atoms with E-state index in [0.717, 1.165) is 26.4 Å². The van der Waals surface area contributed by atoms with Gasteiger partial charge in [-0.25, -0.2) is 27.7 Å². The predicted octanol–water partition coefficient (Wildman–Crippen LogP) is 0.501. The predicted molar refractivity (Wildman–Crippen MR) is 87.2 cm³/mol. The van der Waals surface area contributed by atoms with E-state index in [0.29, 0.717) is 6.21 Å². The summed E-state index contributed by atoms with van der Waals surface area (Å²) in [6.07, 6.45) is 0.660. The smallest absolute Gasteiger partial charge is 0.364 e. The highest BCUT2D eigenvalue weighted by Crippen LogP contribution is 2.18. The number of halogens is 2. The Kier molecular flexibility index (Phi) is 5.64. The van der Waals surface area contributed by atoms with Crippen molar-refractivity contribution in [2.45, 2.75) is 10.9 Å². The molecule has 1 aromatic carbocycles. The van der Waals surface area contributed by atoms with Crippen molar-refractivity contribution in [2.75, 3.05) is 14.2 Å². The van der Waals surface area contributed by atoms with Crippen LogP contribution in [0.15, 0.2) is 45.9 Å². The summed E-state index contributed by atoms with van der Waals surface area (Å²) in [6, 6.07) is 0.148. The molecule has 2 amide bonds. The number of nitrogens with one attached hydrogen (secondary N) is 3. The van der Waals surface area contributed by atoms with E-state index in [1.54, 1.807) is 5.32 Å². The molecular weight excluding hydrogens is 390 g/mol. The average Bonchev–Trinajstić information content (AvgIpc) is 2.60. The lowest BCUT2D eigenvalue weighted by atomic mass is 10.2. The van der Waals surface area contributed by atoms with Gasteiger partial charge >= 0.3 is 18.0 Å². The van der Waals surface area contributed by atoms with Gasteiger partial charge in [0.05, 0.1) is 26.0 Å². The summed E-state index contributed by atoms with van der Waals surface area (Å²) in [7, 11) is -2.44. The number of amides is 2. The molecule has 0 fully saturated rings. The number of carbonyl (C=O) groups is 2. The molecule has 1 aliphatic rings. The number of nitrogens with zero attached hydrogens (tertiary/aromatic N) is 1. The molecule has 0 saturated heterocycles. The number of hydrogen-bond acceptors (Lipinski definition) is 8. The zero-order valence-corrected chi connectivity index (χ0v) is 14.8. The molecule has 0 aliphatic carbocycles. The maximum atomic E-state index is 14.3. The standard InChI is InChI=1S/C14H14F2N4O6S/c1-25-9-7-17-14(16,18-11(9)15)19-13(22)20-27(23,24)10-6-4-3-5-8(10)12(21)26-2/h3-7,18H,1-2H3,(H2,19,20,22). The van der Waals surface area contributed by atoms with Crippen molar-refractivity contribution in [3.8, 4) is 0 Å². The molecule has 0 radical (unpaired) electrons. The van der Waals surface area contributed by atoms with E-state index in [4.69, 9.17) is 0 Å². The largest absolute Gasteiger partial charge is 0.491 e. The molecule has 0 spiro atoms. The highest BCUT2D eigenvalue weighted by molar-refractivity contribution is 7.90. The first kappa shape index (κ1) is 20.1. The monoisotopic (exact) mass is 404 g/mol. The van der Waals surface area contributed by atoms with Crippen LogP contribution in [0.1, 0.15) is 10.4 Å². The maximum absolute atomic E-state index is 14.3. The summed E-state index contributed by atoms with van der Waals surface area (Å²) in [4.78, 5) is 26.2. The second kappa shape index (κ2) is 7.57. The Bertz CT molecular complexity index is 933. The van der Waals surface area contributed by atoms with E-state index >= 15 is 0 Å². The summed E-state index contributed by atoms with van der Waals surface area (Å²) < 4.78 is 63.1. The molecule has 1 atom stereocenters. The van der Waals surface area contributed by atoms with Crippen LogP contribution in [0.4, 0.5) is 13.6 Å². The third-order valence-electron chi connectivity index (χ3n) is 3.16. The zero-order valence-electron chi connectivity index (χ0n) is 13.9. The molecule has 0 saturated carbocycles. The number of methoxy groups -OCH3 is 2. The lowest BCUT2D eigenvalue weighted by Crippen LogP contribution is -2.58. The number of esters is 1. The Morgan fingerprint density at radius 1 is 1.26 bits per heavy atom. The molecule has 0 bridgehead atoms. The second-order valence-electron chi connectivity index (χ2n) is 4.94. The number of sulfonamides is 1. The number of allylic oxidation sites excluding steroid dienone is 1. The van der Waals surface area contributed by atoms with Crippen LogP contribution in [0.3, 0.4) is 0 Å². The van der Waals surface area contributed by atoms with Gasteiger partial charge < -0.3 is 9.47 Å². The number of aliphatic imine (C=N–C) groups is 1. The summed E-state index contributed by atoms with van der Waals surface area (Å²) in [6.45, 7) is 0. The number of carbonyl (C=O) groups excluding carboxylic acids is 2. The van der Waals surface area contributed by atoms with Crippen molar-refractivity contribution in [2.24, 2.45) is 4.99 Å². The van der Waals surface area contributed by atoms with E-state index in [2.05, 4.69) is 14.5 Å². The van der Waals surface area contributed by atoms with Crippen molar-refractivity contribution < 1.29 is 36.3 Å². The molecule has 146 valence electrons. The number of rotatable bonds is 5. The highest BCUT2D eigenvalue weighted by Gasteiger charge is 2.37. The summed E-state index contributed by atoms with van der Waals surface area (Å²) in [5.41, 5.74) is -0.345. The Hall–Kier alpha value is -3.22. The Morgan fingerprint density at radius 2 is 1.93 bits per heavy atom. The second-order valence-corrected chi connectivity index (χ2v) is 6.59. The van der Waals surface area contributed by atoms with Crippen LogP contribution < -0.4 is 15.4 Å². The molecular formula is C14H14F2N4O6S. The topological polar surface area (TPSA) is 135 Å². The van der Waals surface area contributed by atoms with Gasteiger partial charge in [-0.15, -0.1) is 0 Å². The summed E-state index contributed by atoms with van der Waals surface area (Å²) in [5.74, 6) is -2.66. The van der Waals surface area contributed by atoms with E-state index in [-0.39, 0.29) is 5.56 Å². The van der Waals surface area contributed by atoms with E-state index in [1.807, 2.05) is 0 Å². The van der Waals surface area contributed by atoms with Gasteiger partial charge in [-0.2, -0.15) is 8.78 Å². The first-order valence-electron chi connectivity index (χ1n) is 7.10. The zero-order chi connectivity index (χ0) is 20.2. The molecule has 0 aromatic heterocycles. The van der Waals surface area contributed by atoms with E-state index in [1.165, 1.54) is 22.2 Å². The van der Waals surface area contributed by atoms with Crippen LogP contribution in [0, 0.1) is 0 Å². The number of alkyl halides is 1. The van der Waals surface area contributed by atoms with Gasteiger partial charge in [0.1, 0.15) is 4.90 Å². The van der Waals surface area contributed by atoms with Crippen LogP contribution in [0.25, 0.3) is 0 Å². The molecule has 27 heavy (non-hydrogen) atoms. The van der Waals surface area contributed by atoms with E-state index in [9.17, 15) is 26.8 Å². The van der Waals surface area contributed by atoms with E-state index < -0.39 is 44.7 Å². The van der Waals surface area contributed by atoms with Crippen LogP contribution in [0.2, 0.25) is 0 Å². The summed E-state index contributed by atoms with van der Waals surface area (Å²) >= 11 is 0. The normalized spacial score (nSPS) is 19.1. The van der Waals surface area contributed by atoms with Crippen molar-refractivity contribution >= 4 is 28.2 Å². The first-order valence-corrected chi connectivity index (χ1v) is 8.58. The fraction of sp³-hybridized carbons (Fsp3) is 0.214. The minimum Gasteiger partial charge on any atom is -0.491 e. The Labute approximate surface area is 152 Å². The SMILES string of the molecule is COC(=O)c1ccccc1S(=O)(=O)NC(=O)NC1(F)N=CC(OC)=C(F)N1. The molecule has 2 rings (SSSR count). The van der Waals surface area contributed by atoms with Gasteiger partial charge in [0.25, 0.3) is 10.0 Å². The molecule has 10 nitrogen and oxygen atoms in total. The molecule has 1 aromatic rings. The fourth-order valence-corrected chi connectivity index (χ4v) is 3.09. The molecule has 1 aliphatic heterocycles. The number of ether oxygens (including phenoxy) is 2. The highest BCUT2D eigenvalue weighted by atomic mass is 32.2. The molecule has 3 N–H and O–H groups in total. The quantitative estimate of drug-likeness (QED) is 0.480. The van der Waals surface area contributed by atoms with Crippen molar-refractivity contribution in [3.63, 3.8) is 0 Å². The minimum atomic E-state index is -4.59. The third kappa shape index (κ3) is 4.49. The van der Waals surface area contributed by atoms with Gasteiger partial charge in [-0.3, -0.25) is 10.6 Å². The van der Waals surface area contributed by atoms with Crippen molar-refractivity contribution in [3.05, 3.63) is 41.5 Å². The molecule has 1 heterocycles. The van der Waals surface area contributed by atoms with Gasteiger partial charge in [0.15, 0.2) is 5.76 Å². The minimum absolute atomic E-state index is 0.345. The number of urea groups is 1. The van der Waals surface area contributed by atoms with Gasteiger partial charge in [-0.1, -0.05) is 12.1 Å².